The molecule has 4 nitrogen and oxygen atoms in total. The van der Waals surface area contributed by atoms with Crippen molar-refractivity contribution in [2.24, 2.45) is 9.98 Å². The molecule has 0 spiro atoms. The predicted octanol–water partition coefficient (Wildman–Crippen LogP) is 4.45. The Morgan fingerprint density at radius 1 is 1.00 bits per heavy atom. The molecule has 26 heavy (non-hydrogen) atoms. The number of halogens is 1. The summed E-state index contributed by atoms with van der Waals surface area (Å²) in [6.45, 7) is 6.11. The minimum absolute atomic E-state index is 0.138. The van der Waals surface area contributed by atoms with Gasteiger partial charge in [0, 0.05) is 30.2 Å². The summed E-state index contributed by atoms with van der Waals surface area (Å²) in [5.41, 5.74) is 3.87. The Morgan fingerprint density at radius 3 is 2.31 bits per heavy atom. The quantitative estimate of drug-likeness (QED) is 0.798. The summed E-state index contributed by atoms with van der Waals surface area (Å²) in [7, 11) is 4.04. The number of fused-ring (bicyclic) bond motifs is 1. The van der Waals surface area contributed by atoms with E-state index in [-0.39, 0.29) is 6.17 Å². The fourth-order valence-electron chi connectivity index (χ4n) is 3.20. The zero-order chi connectivity index (χ0) is 18.7. The summed E-state index contributed by atoms with van der Waals surface area (Å²) < 4.78 is 0. The summed E-state index contributed by atoms with van der Waals surface area (Å²) in [5.74, 6) is 0.934. The van der Waals surface area contributed by atoms with Crippen LogP contribution < -0.4 is 0 Å². The molecule has 3 rings (SSSR count). The maximum Gasteiger partial charge on any atom is 0.161 e. The first-order chi connectivity index (χ1) is 12.5. The van der Waals surface area contributed by atoms with E-state index in [9.17, 15) is 0 Å². The third-order valence-electron chi connectivity index (χ3n) is 4.59. The van der Waals surface area contributed by atoms with E-state index in [1.165, 1.54) is 0 Å². The van der Waals surface area contributed by atoms with Crippen molar-refractivity contribution in [2.75, 3.05) is 27.2 Å². The largest absolute Gasteiger partial charge is 0.363 e. The van der Waals surface area contributed by atoms with Gasteiger partial charge < -0.3 is 4.90 Å². The van der Waals surface area contributed by atoms with Crippen LogP contribution in [0.3, 0.4) is 0 Å². The minimum atomic E-state index is -0.138. The molecule has 1 aliphatic rings. The van der Waals surface area contributed by atoms with Crippen molar-refractivity contribution in [3.05, 3.63) is 64.7 Å². The molecule has 0 saturated heterocycles. The zero-order valence-corrected chi connectivity index (χ0v) is 16.5. The summed E-state index contributed by atoms with van der Waals surface area (Å²) in [5, 5.41) is 0.690. The highest BCUT2D eigenvalue weighted by atomic mass is 35.5. The second-order valence-corrected chi connectivity index (χ2v) is 6.90. The summed E-state index contributed by atoms with van der Waals surface area (Å²) in [4.78, 5) is 14.5. The van der Waals surface area contributed by atoms with Gasteiger partial charge in [0.25, 0.3) is 0 Å². The van der Waals surface area contributed by atoms with E-state index in [4.69, 9.17) is 21.6 Å². The van der Waals surface area contributed by atoms with E-state index < -0.39 is 0 Å². The third-order valence-corrected chi connectivity index (χ3v) is 4.83. The molecule has 0 aromatic heterocycles. The smallest absolute Gasteiger partial charge is 0.161 e. The van der Waals surface area contributed by atoms with Gasteiger partial charge in [-0.3, -0.25) is 9.89 Å². The zero-order valence-electron chi connectivity index (χ0n) is 15.8. The number of hydrogen-bond acceptors (Lipinski definition) is 4. The predicted molar refractivity (Wildman–Crippen MR) is 111 cm³/mol. The van der Waals surface area contributed by atoms with Crippen LogP contribution in [0.2, 0.25) is 5.02 Å². The van der Waals surface area contributed by atoms with Crippen molar-refractivity contribution in [1.82, 2.24) is 9.80 Å². The lowest BCUT2D eigenvalue weighted by Crippen LogP contribution is -2.45. The molecular formula is C21H25ClN4. The number of rotatable bonds is 4. The van der Waals surface area contributed by atoms with Gasteiger partial charge in [-0.1, -0.05) is 55.8 Å². The lowest BCUT2D eigenvalue weighted by molar-refractivity contribution is 0.263. The lowest BCUT2D eigenvalue weighted by atomic mass is 10.0. The van der Waals surface area contributed by atoms with Gasteiger partial charge in [-0.05, 0) is 31.3 Å². The standard InChI is InChI=1S/C21H25ClN4/c1-5-26(6-2)21-20(25(3)4)23-18-13-12-16(22)14-17(18)19(24-21)15-10-8-7-9-11-15/h7-14,21H,5-6H2,1-4H3. The van der Waals surface area contributed by atoms with E-state index >= 15 is 0 Å². The van der Waals surface area contributed by atoms with Crippen molar-refractivity contribution < 1.29 is 0 Å². The number of nitrogens with zero attached hydrogens (tertiary/aromatic N) is 4. The molecule has 0 saturated carbocycles. The number of benzene rings is 2. The molecule has 2 aromatic carbocycles. The molecule has 1 heterocycles. The van der Waals surface area contributed by atoms with Crippen LogP contribution in [0, 0.1) is 0 Å². The second-order valence-electron chi connectivity index (χ2n) is 6.46. The van der Waals surface area contributed by atoms with E-state index in [0.29, 0.717) is 5.02 Å². The lowest BCUT2D eigenvalue weighted by Gasteiger charge is -2.30. The van der Waals surface area contributed by atoms with Gasteiger partial charge in [-0.2, -0.15) is 0 Å². The van der Waals surface area contributed by atoms with Crippen LogP contribution in [0.1, 0.15) is 25.0 Å². The van der Waals surface area contributed by atoms with E-state index in [1.807, 2.05) is 50.5 Å². The van der Waals surface area contributed by atoms with Crippen LogP contribution in [0.25, 0.3) is 0 Å². The molecule has 1 atom stereocenters. The molecule has 1 unspecified atom stereocenters. The van der Waals surface area contributed by atoms with Gasteiger partial charge in [0.15, 0.2) is 6.17 Å². The van der Waals surface area contributed by atoms with Gasteiger partial charge in [-0.25, -0.2) is 4.99 Å². The normalized spacial score (nSPS) is 16.6. The van der Waals surface area contributed by atoms with E-state index in [1.54, 1.807) is 0 Å². The Balaban J connectivity index is 2.27. The van der Waals surface area contributed by atoms with Gasteiger partial charge in [0.05, 0.1) is 11.4 Å². The topological polar surface area (TPSA) is 31.2 Å². The van der Waals surface area contributed by atoms with Gasteiger partial charge in [-0.15, -0.1) is 0 Å². The van der Waals surface area contributed by atoms with Crippen LogP contribution in [0.4, 0.5) is 5.69 Å². The minimum Gasteiger partial charge on any atom is -0.363 e. The molecule has 0 fully saturated rings. The number of hydrogen-bond donors (Lipinski definition) is 0. The molecule has 5 heteroatoms. The fraction of sp³-hybridized carbons (Fsp3) is 0.333. The van der Waals surface area contributed by atoms with Crippen LogP contribution in [-0.2, 0) is 0 Å². The summed E-state index contributed by atoms with van der Waals surface area (Å²) in [6.07, 6.45) is -0.138. The summed E-state index contributed by atoms with van der Waals surface area (Å²) >= 11 is 6.31. The van der Waals surface area contributed by atoms with Crippen molar-refractivity contribution in [3.63, 3.8) is 0 Å². The highest BCUT2D eigenvalue weighted by molar-refractivity contribution is 6.31. The Labute approximate surface area is 160 Å². The van der Waals surface area contributed by atoms with Crippen LogP contribution >= 0.6 is 11.6 Å². The highest BCUT2D eigenvalue weighted by Crippen LogP contribution is 2.30. The Bertz CT molecular complexity index is 823. The molecule has 0 N–H and O–H groups in total. The van der Waals surface area contributed by atoms with Crippen LogP contribution in [-0.4, -0.2) is 54.7 Å². The van der Waals surface area contributed by atoms with Crippen molar-refractivity contribution in [2.45, 2.75) is 20.0 Å². The summed E-state index contributed by atoms with van der Waals surface area (Å²) in [6, 6.07) is 16.1. The van der Waals surface area contributed by atoms with Gasteiger partial charge >= 0.3 is 0 Å². The van der Waals surface area contributed by atoms with Crippen LogP contribution in [0.5, 0.6) is 0 Å². The average molecular weight is 369 g/mol. The highest BCUT2D eigenvalue weighted by Gasteiger charge is 2.28. The Kier molecular flexibility index (Phi) is 5.74. The molecule has 0 bridgehead atoms. The molecule has 1 aliphatic heterocycles. The second kappa shape index (κ2) is 8.02. The Morgan fingerprint density at radius 2 is 1.69 bits per heavy atom. The fourth-order valence-corrected chi connectivity index (χ4v) is 3.37. The maximum atomic E-state index is 6.31. The van der Waals surface area contributed by atoms with Crippen molar-refractivity contribution >= 4 is 28.8 Å². The van der Waals surface area contributed by atoms with E-state index in [2.05, 4.69) is 35.8 Å². The first-order valence-corrected chi connectivity index (χ1v) is 9.36. The molecule has 0 amide bonds. The first kappa shape index (κ1) is 18.6. The first-order valence-electron chi connectivity index (χ1n) is 8.98. The molecular weight excluding hydrogens is 344 g/mol. The van der Waals surface area contributed by atoms with E-state index in [0.717, 1.165) is 41.5 Å². The average Bonchev–Trinajstić information content (AvgIpc) is 2.81. The number of amidine groups is 1. The van der Waals surface area contributed by atoms with Crippen molar-refractivity contribution in [1.29, 1.82) is 0 Å². The monoisotopic (exact) mass is 368 g/mol. The Hall–Kier alpha value is -2.17. The number of aliphatic imine (C=N–C) groups is 2. The van der Waals surface area contributed by atoms with Gasteiger partial charge in [0.1, 0.15) is 5.84 Å². The molecule has 0 radical (unpaired) electrons. The molecule has 136 valence electrons. The maximum absolute atomic E-state index is 6.31. The third kappa shape index (κ3) is 3.67. The van der Waals surface area contributed by atoms with Gasteiger partial charge in [0.2, 0.25) is 0 Å². The molecule has 0 aliphatic carbocycles. The van der Waals surface area contributed by atoms with Crippen molar-refractivity contribution in [3.8, 4) is 0 Å². The molecule has 2 aromatic rings. The SMILES string of the molecule is CCN(CC)C1N=C(c2ccccc2)c2cc(Cl)ccc2N=C1N(C)C. The number of likely N-dealkylation sites (N-methyl/N-ethyl adjacent to an activating group) is 2. The van der Waals surface area contributed by atoms with Crippen LogP contribution in [0.15, 0.2) is 58.5 Å².